The van der Waals surface area contributed by atoms with Gasteiger partial charge in [-0.3, -0.25) is 4.79 Å². The first-order chi connectivity index (χ1) is 9.49. The molecule has 1 aliphatic rings. The molecule has 0 aliphatic carbocycles. The van der Waals surface area contributed by atoms with Gasteiger partial charge in [0.05, 0.1) is 12.5 Å². The Labute approximate surface area is 117 Å². The van der Waals surface area contributed by atoms with Gasteiger partial charge in [-0.1, -0.05) is 0 Å². The van der Waals surface area contributed by atoms with Gasteiger partial charge in [-0.2, -0.15) is 0 Å². The molecule has 0 spiro atoms. The number of carbonyl (C=O) groups is 2. The van der Waals surface area contributed by atoms with Crippen molar-refractivity contribution in [2.45, 2.75) is 19.4 Å². The van der Waals surface area contributed by atoms with E-state index in [9.17, 15) is 9.59 Å². The molecule has 110 valence electrons. The standard InChI is InChI=1S/C13H20N4O3/c1-15-7-5-14-11(15)9-16(2)13(20)17-6-3-4-10(8-17)12(18)19/h5,7,10H,3-4,6,8-9H2,1-2H3,(H,18,19)/t10-/m0/s1. The fraction of sp³-hybridized carbons (Fsp3) is 0.615. The second-order valence-corrected chi connectivity index (χ2v) is 5.22. The highest BCUT2D eigenvalue weighted by Crippen LogP contribution is 2.18. The molecular weight excluding hydrogens is 260 g/mol. The molecular formula is C13H20N4O3. The molecule has 1 saturated heterocycles. The van der Waals surface area contributed by atoms with Gasteiger partial charge >= 0.3 is 12.0 Å². The van der Waals surface area contributed by atoms with E-state index in [4.69, 9.17) is 5.11 Å². The molecule has 1 aliphatic heterocycles. The first-order valence-corrected chi connectivity index (χ1v) is 6.68. The molecule has 0 unspecified atom stereocenters. The Morgan fingerprint density at radius 1 is 1.55 bits per heavy atom. The summed E-state index contributed by atoms with van der Waals surface area (Å²) in [5.74, 6) is -0.476. The molecule has 1 aromatic rings. The fourth-order valence-electron chi connectivity index (χ4n) is 2.42. The summed E-state index contributed by atoms with van der Waals surface area (Å²) < 4.78 is 1.86. The highest BCUT2D eigenvalue weighted by atomic mass is 16.4. The van der Waals surface area contributed by atoms with Gasteiger partial charge in [-0.15, -0.1) is 0 Å². The lowest BCUT2D eigenvalue weighted by Crippen LogP contribution is -2.47. The number of likely N-dealkylation sites (tertiary alicyclic amines) is 1. The van der Waals surface area contributed by atoms with Gasteiger partial charge in [0, 0.05) is 39.6 Å². The van der Waals surface area contributed by atoms with Crippen molar-refractivity contribution in [3.63, 3.8) is 0 Å². The van der Waals surface area contributed by atoms with E-state index in [2.05, 4.69) is 4.98 Å². The van der Waals surface area contributed by atoms with Crippen molar-refractivity contribution in [1.29, 1.82) is 0 Å². The van der Waals surface area contributed by atoms with Gasteiger partial charge in [0.15, 0.2) is 0 Å². The van der Waals surface area contributed by atoms with Gasteiger partial charge in [-0.25, -0.2) is 9.78 Å². The monoisotopic (exact) mass is 280 g/mol. The molecule has 7 heteroatoms. The first kappa shape index (κ1) is 14.4. The van der Waals surface area contributed by atoms with Crippen LogP contribution in [0.5, 0.6) is 0 Å². The van der Waals surface area contributed by atoms with E-state index in [0.29, 0.717) is 26.1 Å². The van der Waals surface area contributed by atoms with Crippen LogP contribution < -0.4 is 0 Å². The number of carboxylic acid groups (broad SMARTS) is 1. The van der Waals surface area contributed by atoms with E-state index in [1.54, 1.807) is 23.0 Å². The van der Waals surface area contributed by atoms with E-state index in [0.717, 1.165) is 12.2 Å². The van der Waals surface area contributed by atoms with E-state index in [1.807, 2.05) is 17.8 Å². The van der Waals surface area contributed by atoms with Crippen molar-refractivity contribution in [3.8, 4) is 0 Å². The zero-order valence-corrected chi connectivity index (χ0v) is 11.8. The normalized spacial score (nSPS) is 18.9. The molecule has 7 nitrogen and oxygen atoms in total. The van der Waals surface area contributed by atoms with Crippen molar-refractivity contribution in [2.75, 3.05) is 20.1 Å². The lowest BCUT2D eigenvalue weighted by atomic mass is 9.99. The lowest BCUT2D eigenvalue weighted by Gasteiger charge is -2.33. The van der Waals surface area contributed by atoms with Crippen LogP contribution in [0.3, 0.4) is 0 Å². The van der Waals surface area contributed by atoms with Gasteiger partial charge in [0.25, 0.3) is 0 Å². The zero-order chi connectivity index (χ0) is 14.7. The van der Waals surface area contributed by atoms with Crippen LogP contribution in [0.15, 0.2) is 12.4 Å². The molecule has 1 atom stereocenters. The van der Waals surface area contributed by atoms with Crippen LogP contribution in [0.1, 0.15) is 18.7 Å². The summed E-state index contributed by atoms with van der Waals surface area (Å²) in [5, 5.41) is 9.06. The van der Waals surface area contributed by atoms with Gasteiger partial charge in [0.2, 0.25) is 0 Å². The minimum Gasteiger partial charge on any atom is -0.481 e. The summed E-state index contributed by atoms with van der Waals surface area (Å²) >= 11 is 0. The number of urea groups is 1. The largest absolute Gasteiger partial charge is 0.481 e. The smallest absolute Gasteiger partial charge is 0.320 e. The number of aromatic nitrogens is 2. The number of hydrogen-bond donors (Lipinski definition) is 1. The summed E-state index contributed by atoms with van der Waals surface area (Å²) in [6.45, 7) is 1.32. The Morgan fingerprint density at radius 2 is 2.30 bits per heavy atom. The Kier molecular flexibility index (Phi) is 4.26. The molecule has 1 fully saturated rings. The maximum Gasteiger partial charge on any atom is 0.320 e. The maximum atomic E-state index is 12.3. The molecule has 2 amide bonds. The summed E-state index contributed by atoms with van der Waals surface area (Å²) in [4.78, 5) is 30.7. The average Bonchev–Trinajstić information content (AvgIpc) is 2.83. The van der Waals surface area contributed by atoms with Crippen LogP contribution in [-0.2, 0) is 18.4 Å². The van der Waals surface area contributed by atoms with Crippen LogP contribution in [-0.4, -0.2) is 56.6 Å². The number of rotatable bonds is 3. The number of carbonyl (C=O) groups excluding carboxylic acids is 1. The summed E-state index contributed by atoms with van der Waals surface area (Å²) in [7, 11) is 3.59. The maximum absolute atomic E-state index is 12.3. The Hall–Kier alpha value is -2.05. The Balaban J connectivity index is 1.96. The fourth-order valence-corrected chi connectivity index (χ4v) is 2.42. The third-order valence-electron chi connectivity index (χ3n) is 3.67. The SMILES string of the molecule is CN(Cc1nccn1C)C(=O)N1CCC[C@H](C(=O)O)C1. The van der Waals surface area contributed by atoms with Gasteiger partial charge < -0.3 is 19.5 Å². The number of nitrogens with zero attached hydrogens (tertiary/aromatic N) is 4. The number of hydrogen-bond acceptors (Lipinski definition) is 3. The van der Waals surface area contributed by atoms with Crippen molar-refractivity contribution < 1.29 is 14.7 Å². The van der Waals surface area contributed by atoms with Crippen molar-refractivity contribution in [1.82, 2.24) is 19.4 Å². The molecule has 2 rings (SSSR count). The minimum atomic E-state index is -0.825. The van der Waals surface area contributed by atoms with Gasteiger partial charge in [0.1, 0.15) is 5.82 Å². The Bertz CT molecular complexity index is 500. The molecule has 20 heavy (non-hydrogen) atoms. The van der Waals surface area contributed by atoms with E-state index in [-0.39, 0.29) is 6.03 Å². The topological polar surface area (TPSA) is 78.7 Å². The lowest BCUT2D eigenvalue weighted by molar-refractivity contribution is -0.143. The second kappa shape index (κ2) is 5.94. The predicted molar refractivity (Wildman–Crippen MR) is 72.0 cm³/mol. The van der Waals surface area contributed by atoms with Crippen molar-refractivity contribution in [2.24, 2.45) is 13.0 Å². The van der Waals surface area contributed by atoms with Crippen LogP contribution in [0.25, 0.3) is 0 Å². The molecule has 0 saturated carbocycles. The average molecular weight is 280 g/mol. The van der Waals surface area contributed by atoms with Crippen LogP contribution in [0, 0.1) is 5.92 Å². The highest BCUT2D eigenvalue weighted by Gasteiger charge is 2.29. The minimum absolute atomic E-state index is 0.140. The number of carboxylic acids is 1. The van der Waals surface area contributed by atoms with E-state index in [1.165, 1.54) is 0 Å². The second-order valence-electron chi connectivity index (χ2n) is 5.22. The summed E-state index contributed by atoms with van der Waals surface area (Å²) in [5.41, 5.74) is 0. The Morgan fingerprint density at radius 3 is 2.90 bits per heavy atom. The molecule has 1 aromatic heterocycles. The number of aryl methyl sites for hydroxylation is 1. The molecule has 1 N–H and O–H groups in total. The van der Waals surface area contributed by atoms with Crippen molar-refractivity contribution >= 4 is 12.0 Å². The molecule has 0 radical (unpaired) electrons. The molecule has 0 aromatic carbocycles. The van der Waals surface area contributed by atoms with Crippen LogP contribution >= 0.6 is 0 Å². The number of piperidine rings is 1. The third kappa shape index (κ3) is 3.09. The van der Waals surface area contributed by atoms with Crippen LogP contribution in [0.4, 0.5) is 4.79 Å². The quantitative estimate of drug-likeness (QED) is 0.887. The highest BCUT2D eigenvalue weighted by molar-refractivity contribution is 5.76. The number of imidazole rings is 1. The number of amides is 2. The third-order valence-corrected chi connectivity index (χ3v) is 3.67. The first-order valence-electron chi connectivity index (χ1n) is 6.68. The summed E-state index contributed by atoms with van der Waals surface area (Å²) in [6.07, 6.45) is 4.89. The molecule has 2 heterocycles. The van der Waals surface area contributed by atoms with Crippen molar-refractivity contribution in [3.05, 3.63) is 18.2 Å². The van der Waals surface area contributed by atoms with E-state index >= 15 is 0 Å². The van der Waals surface area contributed by atoms with E-state index < -0.39 is 11.9 Å². The predicted octanol–water partition coefficient (Wildman–Crippen LogP) is 0.769. The summed E-state index contributed by atoms with van der Waals surface area (Å²) in [6, 6.07) is -0.140. The van der Waals surface area contributed by atoms with Gasteiger partial charge in [-0.05, 0) is 12.8 Å². The zero-order valence-electron chi connectivity index (χ0n) is 11.8. The van der Waals surface area contributed by atoms with Crippen LogP contribution in [0.2, 0.25) is 0 Å². The number of aliphatic carboxylic acids is 1. The molecule has 0 bridgehead atoms.